The lowest BCUT2D eigenvalue weighted by Gasteiger charge is -2.32. The molecule has 0 unspecified atom stereocenters. The predicted molar refractivity (Wildman–Crippen MR) is 77.8 cm³/mol. The SMILES string of the molecule is CC(C)c1nnc2n1[C@@H](C)CN(C(=O)c1ccccn1)C2. The molecule has 0 fully saturated rings. The Morgan fingerprint density at radius 2 is 2.14 bits per heavy atom. The van der Waals surface area contributed by atoms with Crippen LogP contribution < -0.4 is 0 Å². The summed E-state index contributed by atoms with van der Waals surface area (Å²) in [5, 5.41) is 8.53. The summed E-state index contributed by atoms with van der Waals surface area (Å²) in [7, 11) is 0. The minimum absolute atomic E-state index is 0.0530. The number of fused-ring (bicyclic) bond motifs is 1. The largest absolute Gasteiger partial charge is 0.328 e. The van der Waals surface area contributed by atoms with Gasteiger partial charge >= 0.3 is 0 Å². The number of hydrogen-bond donors (Lipinski definition) is 0. The first-order valence-corrected chi connectivity index (χ1v) is 7.22. The number of hydrogen-bond acceptors (Lipinski definition) is 4. The summed E-state index contributed by atoms with van der Waals surface area (Å²) in [6.45, 7) is 7.45. The molecule has 21 heavy (non-hydrogen) atoms. The smallest absolute Gasteiger partial charge is 0.272 e. The quantitative estimate of drug-likeness (QED) is 0.846. The maximum atomic E-state index is 12.5. The van der Waals surface area contributed by atoms with E-state index in [1.54, 1.807) is 23.2 Å². The highest BCUT2D eigenvalue weighted by atomic mass is 16.2. The van der Waals surface area contributed by atoms with E-state index in [1.165, 1.54) is 0 Å². The van der Waals surface area contributed by atoms with E-state index >= 15 is 0 Å². The molecule has 0 spiro atoms. The molecule has 3 rings (SSSR count). The molecule has 1 amide bonds. The highest BCUT2D eigenvalue weighted by Gasteiger charge is 2.30. The van der Waals surface area contributed by atoms with Crippen LogP contribution in [0.2, 0.25) is 0 Å². The van der Waals surface area contributed by atoms with Crippen molar-refractivity contribution in [2.45, 2.75) is 39.3 Å². The number of pyridine rings is 1. The standard InChI is InChI=1S/C15H19N5O/c1-10(2)14-18-17-13-9-19(8-11(3)20(13)14)15(21)12-6-4-5-7-16-12/h4-7,10-11H,8-9H2,1-3H3/t11-/m0/s1. The summed E-state index contributed by atoms with van der Waals surface area (Å²) < 4.78 is 2.16. The highest BCUT2D eigenvalue weighted by molar-refractivity contribution is 5.92. The molecule has 0 saturated carbocycles. The second-order valence-electron chi connectivity index (χ2n) is 5.75. The summed E-state index contributed by atoms with van der Waals surface area (Å²) in [6, 6.07) is 5.55. The van der Waals surface area contributed by atoms with Crippen molar-refractivity contribution in [3.8, 4) is 0 Å². The summed E-state index contributed by atoms with van der Waals surface area (Å²) >= 11 is 0. The maximum absolute atomic E-state index is 12.5. The van der Waals surface area contributed by atoms with Crippen LogP contribution in [0.15, 0.2) is 24.4 Å². The molecule has 0 radical (unpaired) electrons. The molecular formula is C15H19N5O. The second kappa shape index (κ2) is 5.27. The van der Waals surface area contributed by atoms with E-state index in [2.05, 4.69) is 40.5 Å². The lowest BCUT2D eigenvalue weighted by atomic mass is 10.1. The number of rotatable bonds is 2. The average molecular weight is 285 g/mol. The van der Waals surface area contributed by atoms with Crippen molar-refractivity contribution >= 4 is 5.91 Å². The Morgan fingerprint density at radius 1 is 1.33 bits per heavy atom. The molecule has 6 heteroatoms. The van der Waals surface area contributed by atoms with Crippen molar-refractivity contribution < 1.29 is 4.79 Å². The first-order valence-electron chi connectivity index (χ1n) is 7.22. The van der Waals surface area contributed by atoms with Gasteiger partial charge in [0.2, 0.25) is 0 Å². The van der Waals surface area contributed by atoms with Crippen LogP contribution in [0.25, 0.3) is 0 Å². The summed E-state index contributed by atoms with van der Waals surface area (Å²) in [5.41, 5.74) is 0.474. The van der Waals surface area contributed by atoms with Gasteiger partial charge in [0.25, 0.3) is 5.91 Å². The first kappa shape index (κ1) is 13.7. The van der Waals surface area contributed by atoms with Crippen LogP contribution in [-0.2, 0) is 6.54 Å². The molecule has 0 saturated heterocycles. The lowest BCUT2D eigenvalue weighted by Crippen LogP contribution is -2.41. The topological polar surface area (TPSA) is 63.9 Å². The van der Waals surface area contributed by atoms with E-state index < -0.39 is 0 Å². The van der Waals surface area contributed by atoms with Crippen LogP contribution >= 0.6 is 0 Å². The van der Waals surface area contributed by atoms with E-state index in [0.29, 0.717) is 24.7 Å². The Balaban J connectivity index is 1.88. The molecule has 0 aliphatic carbocycles. The number of nitrogens with zero attached hydrogens (tertiary/aromatic N) is 5. The van der Waals surface area contributed by atoms with Gasteiger partial charge in [-0.3, -0.25) is 9.78 Å². The zero-order valence-electron chi connectivity index (χ0n) is 12.5. The molecule has 110 valence electrons. The minimum atomic E-state index is -0.0530. The summed E-state index contributed by atoms with van der Waals surface area (Å²) in [4.78, 5) is 18.4. The Labute approximate surface area is 123 Å². The third-order valence-electron chi connectivity index (χ3n) is 3.74. The van der Waals surface area contributed by atoms with Gasteiger partial charge in [0.05, 0.1) is 12.6 Å². The Morgan fingerprint density at radius 3 is 2.81 bits per heavy atom. The van der Waals surface area contributed by atoms with Gasteiger partial charge in [0.15, 0.2) is 5.82 Å². The van der Waals surface area contributed by atoms with E-state index in [4.69, 9.17) is 0 Å². The van der Waals surface area contributed by atoms with Gasteiger partial charge in [-0.2, -0.15) is 0 Å². The lowest BCUT2D eigenvalue weighted by molar-refractivity contribution is 0.0673. The Hall–Kier alpha value is -2.24. The molecule has 0 N–H and O–H groups in total. The third-order valence-corrected chi connectivity index (χ3v) is 3.74. The first-order chi connectivity index (χ1) is 10.1. The predicted octanol–water partition coefficient (Wildman–Crippen LogP) is 2.01. The second-order valence-corrected chi connectivity index (χ2v) is 5.75. The molecule has 2 aromatic rings. The van der Waals surface area contributed by atoms with Crippen molar-refractivity contribution in [3.63, 3.8) is 0 Å². The molecule has 1 atom stereocenters. The zero-order valence-corrected chi connectivity index (χ0v) is 12.5. The van der Waals surface area contributed by atoms with Gasteiger partial charge in [0.1, 0.15) is 11.5 Å². The molecule has 1 aliphatic rings. The molecule has 2 aromatic heterocycles. The van der Waals surface area contributed by atoms with Crippen molar-refractivity contribution in [3.05, 3.63) is 41.7 Å². The fourth-order valence-corrected chi connectivity index (χ4v) is 2.76. The van der Waals surface area contributed by atoms with E-state index in [1.807, 2.05) is 6.07 Å². The van der Waals surface area contributed by atoms with Crippen LogP contribution in [0, 0.1) is 0 Å². The number of carbonyl (C=O) groups is 1. The monoisotopic (exact) mass is 285 g/mol. The van der Waals surface area contributed by atoms with E-state index in [-0.39, 0.29) is 11.9 Å². The van der Waals surface area contributed by atoms with E-state index in [9.17, 15) is 4.79 Å². The number of aromatic nitrogens is 4. The number of amides is 1. The normalized spacial score (nSPS) is 17.9. The van der Waals surface area contributed by atoms with Gasteiger partial charge < -0.3 is 9.47 Å². The third kappa shape index (κ3) is 2.41. The van der Waals surface area contributed by atoms with Crippen LogP contribution in [0.4, 0.5) is 0 Å². The van der Waals surface area contributed by atoms with Gasteiger partial charge in [0, 0.05) is 18.7 Å². The van der Waals surface area contributed by atoms with Crippen molar-refractivity contribution in [2.24, 2.45) is 0 Å². The van der Waals surface area contributed by atoms with Crippen molar-refractivity contribution in [2.75, 3.05) is 6.54 Å². The molecule has 1 aliphatic heterocycles. The van der Waals surface area contributed by atoms with Crippen LogP contribution in [0.3, 0.4) is 0 Å². The maximum Gasteiger partial charge on any atom is 0.272 e. The number of carbonyl (C=O) groups excluding carboxylic acids is 1. The molecule has 0 aromatic carbocycles. The zero-order chi connectivity index (χ0) is 15.0. The van der Waals surface area contributed by atoms with Gasteiger partial charge in [-0.15, -0.1) is 10.2 Å². The van der Waals surface area contributed by atoms with Gasteiger partial charge in [-0.05, 0) is 19.1 Å². The van der Waals surface area contributed by atoms with Crippen LogP contribution in [0.1, 0.15) is 54.9 Å². The van der Waals surface area contributed by atoms with Crippen molar-refractivity contribution in [1.29, 1.82) is 0 Å². The molecule has 3 heterocycles. The highest BCUT2D eigenvalue weighted by Crippen LogP contribution is 2.25. The van der Waals surface area contributed by atoms with Crippen LogP contribution in [0.5, 0.6) is 0 Å². The molecule has 0 bridgehead atoms. The fraction of sp³-hybridized carbons (Fsp3) is 0.467. The van der Waals surface area contributed by atoms with Crippen molar-refractivity contribution in [1.82, 2.24) is 24.6 Å². The van der Waals surface area contributed by atoms with Crippen LogP contribution in [-0.4, -0.2) is 37.1 Å². The van der Waals surface area contributed by atoms with E-state index in [0.717, 1.165) is 11.6 Å². The molecule has 6 nitrogen and oxygen atoms in total. The summed E-state index contributed by atoms with van der Waals surface area (Å²) in [5.74, 6) is 2.11. The Bertz CT molecular complexity index is 649. The Kier molecular flexibility index (Phi) is 3.45. The fourth-order valence-electron chi connectivity index (χ4n) is 2.76. The van der Waals surface area contributed by atoms with Gasteiger partial charge in [-0.1, -0.05) is 19.9 Å². The summed E-state index contributed by atoms with van der Waals surface area (Å²) in [6.07, 6.45) is 1.64. The van der Waals surface area contributed by atoms with Gasteiger partial charge in [-0.25, -0.2) is 0 Å². The molecular weight excluding hydrogens is 266 g/mol. The minimum Gasteiger partial charge on any atom is -0.328 e. The average Bonchev–Trinajstić information content (AvgIpc) is 2.92.